The van der Waals surface area contributed by atoms with Crippen molar-refractivity contribution < 1.29 is 9.47 Å². The largest absolute Gasteiger partial charge is 0.496 e. The molecular weight excluding hydrogens is 316 g/mol. The normalized spacial score (nSPS) is 11.7. The number of aliphatic imine (C=N–C) groups is 1. The van der Waals surface area contributed by atoms with Crippen LogP contribution in [0.1, 0.15) is 18.1 Å². The van der Waals surface area contributed by atoms with Crippen molar-refractivity contribution in [2.75, 3.05) is 60.6 Å². The fourth-order valence-electron chi connectivity index (χ4n) is 2.38. The smallest absolute Gasteiger partial charge is 0.191 e. The van der Waals surface area contributed by atoms with E-state index in [2.05, 4.69) is 59.6 Å². The lowest BCUT2D eigenvalue weighted by Gasteiger charge is -2.16. The molecule has 1 aromatic carbocycles. The summed E-state index contributed by atoms with van der Waals surface area (Å²) >= 11 is 0. The lowest BCUT2D eigenvalue weighted by atomic mass is 10.1. The average molecular weight is 351 g/mol. The fraction of sp³-hybridized carbons (Fsp3) is 0.632. The van der Waals surface area contributed by atoms with Gasteiger partial charge in [-0.1, -0.05) is 12.1 Å². The van der Waals surface area contributed by atoms with Gasteiger partial charge in [0, 0.05) is 33.3 Å². The zero-order valence-corrected chi connectivity index (χ0v) is 16.4. The van der Waals surface area contributed by atoms with Crippen LogP contribution >= 0.6 is 0 Å². The van der Waals surface area contributed by atoms with E-state index in [4.69, 9.17) is 9.47 Å². The van der Waals surface area contributed by atoms with Crippen LogP contribution in [0.3, 0.4) is 0 Å². The van der Waals surface area contributed by atoms with Gasteiger partial charge in [-0.2, -0.15) is 0 Å². The van der Waals surface area contributed by atoms with Crippen LogP contribution in [0.4, 0.5) is 0 Å². The van der Waals surface area contributed by atoms with Crippen LogP contribution in [0.25, 0.3) is 0 Å². The number of benzene rings is 1. The Hall–Kier alpha value is -1.79. The summed E-state index contributed by atoms with van der Waals surface area (Å²) in [7, 11) is 5.52. The van der Waals surface area contributed by atoms with Gasteiger partial charge in [-0.15, -0.1) is 0 Å². The Morgan fingerprint density at radius 1 is 1.20 bits per heavy atom. The average Bonchev–Trinajstić information content (AvgIpc) is 2.61. The number of ether oxygens (including phenoxy) is 2. The third-order valence-corrected chi connectivity index (χ3v) is 3.95. The van der Waals surface area contributed by atoms with Crippen LogP contribution in [0.2, 0.25) is 0 Å². The summed E-state index contributed by atoms with van der Waals surface area (Å²) in [6, 6.07) is 6.35. The maximum atomic E-state index is 5.39. The highest BCUT2D eigenvalue weighted by Crippen LogP contribution is 2.18. The van der Waals surface area contributed by atoms with Gasteiger partial charge in [0.2, 0.25) is 0 Å². The molecular formula is C19H34N4O2. The van der Waals surface area contributed by atoms with Crippen LogP contribution in [0.15, 0.2) is 23.2 Å². The first-order valence-corrected chi connectivity index (χ1v) is 8.93. The minimum absolute atomic E-state index is 0.749. The van der Waals surface area contributed by atoms with Gasteiger partial charge < -0.3 is 25.0 Å². The molecule has 0 amide bonds. The summed E-state index contributed by atoms with van der Waals surface area (Å²) in [5.41, 5.74) is 2.41. The molecule has 0 spiro atoms. The molecule has 6 nitrogen and oxygen atoms in total. The van der Waals surface area contributed by atoms with Gasteiger partial charge in [-0.3, -0.25) is 4.99 Å². The molecule has 0 saturated heterocycles. The molecule has 25 heavy (non-hydrogen) atoms. The second-order valence-corrected chi connectivity index (χ2v) is 6.04. The van der Waals surface area contributed by atoms with E-state index in [-0.39, 0.29) is 0 Å². The third-order valence-electron chi connectivity index (χ3n) is 3.95. The molecule has 0 fully saturated rings. The molecule has 2 N–H and O–H groups in total. The van der Waals surface area contributed by atoms with E-state index in [1.807, 2.05) is 0 Å². The topological polar surface area (TPSA) is 58.1 Å². The monoisotopic (exact) mass is 350 g/mol. The number of nitrogens with zero attached hydrogens (tertiary/aromatic N) is 2. The standard InChI is InChI=1S/C19H34N4O2/c1-6-20-19(22-11-12-23(3)13-14-24-4)21-10-9-17-8-7-16(2)18(15-17)25-5/h7-8,15H,6,9-14H2,1-5H3,(H2,20,21,22). The first-order valence-electron chi connectivity index (χ1n) is 8.93. The quantitative estimate of drug-likeness (QED) is 0.470. The van der Waals surface area contributed by atoms with Crippen molar-refractivity contribution in [1.29, 1.82) is 0 Å². The molecule has 1 aromatic rings. The Morgan fingerprint density at radius 2 is 2.00 bits per heavy atom. The van der Waals surface area contributed by atoms with Gasteiger partial charge in [-0.05, 0) is 44.5 Å². The van der Waals surface area contributed by atoms with Gasteiger partial charge in [0.05, 0.1) is 20.3 Å². The van der Waals surface area contributed by atoms with Crippen molar-refractivity contribution in [3.05, 3.63) is 29.3 Å². The zero-order valence-electron chi connectivity index (χ0n) is 16.4. The Labute approximate surface area is 152 Å². The summed E-state index contributed by atoms with van der Waals surface area (Å²) in [5, 5.41) is 6.68. The Balaban J connectivity index is 2.42. The second kappa shape index (κ2) is 12.6. The lowest BCUT2D eigenvalue weighted by Crippen LogP contribution is -2.39. The van der Waals surface area contributed by atoms with E-state index >= 15 is 0 Å². The van der Waals surface area contributed by atoms with Crippen molar-refractivity contribution in [3.8, 4) is 5.75 Å². The maximum Gasteiger partial charge on any atom is 0.191 e. The summed E-state index contributed by atoms with van der Waals surface area (Å²) in [6.07, 6.45) is 0.925. The fourth-order valence-corrected chi connectivity index (χ4v) is 2.38. The van der Waals surface area contributed by atoms with Crippen LogP contribution in [0, 0.1) is 6.92 Å². The van der Waals surface area contributed by atoms with Gasteiger partial charge >= 0.3 is 0 Å². The molecule has 0 atom stereocenters. The van der Waals surface area contributed by atoms with Crippen LogP contribution in [0.5, 0.6) is 5.75 Å². The molecule has 0 aliphatic rings. The van der Waals surface area contributed by atoms with Crippen molar-refractivity contribution in [2.45, 2.75) is 20.3 Å². The molecule has 0 aliphatic carbocycles. The number of guanidine groups is 1. The predicted octanol–water partition coefficient (Wildman–Crippen LogP) is 1.68. The number of likely N-dealkylation sites (N-methyl/N-ethyl adjacent to an activating group) is 1. The second-order valence-electron chi connectivity index (χ2n) is 6.04. The molecule has 142 valence electrons. The number of hydrogen-bond donors (Lipinski definition) is 2. The first-order chi connectivity index (χ1) is 12.1. The van der Waals surface area contributed by atoms with E-state index in [0.717, 1.165) is 63.0 Å². The number of methoxy groups -OCH3 is 2. The molecule has 1 rings (SSSR count). The highest BCUT2D eigenvalue weighted by atomic mass is 16.5. The van der Waals surface area contributed by atoms with E-state index in [1.54, 1.807) is 14.2 Å². The molecule has 0 bridgehead atoms. The third kappa shape index (κ3) is 8.74. The Morgan fingerprint density at radius 3 is 2.68 bits per heavy atom. The van der Waals surface area contributed by atoms with Gasteiger partial charge in [-0.25, -0.2) is 0 Å². The Bertz CT molecular complexity index is 520. The SMILES string of the molecule is CCNC(=NCCN(C)CCOC)NCCc1ccc(C)c(OC)c1. The number of rotatable bonds is 11. The van der Waals surface area contributed by atoms with Crippen molar-refractivity contribution in [1.82, 2.24) is 15.5 Å². The summed E-state index contributed by atoms with van der Waals surface area (Å²) in [4.78, 5) is 6.85. The summed E-state index contributed by atoms with van der Waals surface area (Å²) < 4.78 is 10.5. The zero-order chi connectivity index (χ0) is 18.5. The molecule has 0 radical (unpaired) electrons. The summed E-state index contributed by atoms with van der Waals surface area (Å²) in [5.74, 6) is 1.80. The van der Waals surface area contributed by atoms with Gasteiger partial charge in [0.25, 0.3) is 0 Å². The highest BCUT2D eigenvalue weighted by molar-refractivity contribution is 5.79. The Kier molecular flexibility index (Phi) is 10.7. The molecule has 0 heterocycles. The van der Waals surface area contributed by atoms with Crippen LogP contribution in [-0.4, -0.2) is 71.5 Å². The van der Waals surface area contributed by atoms with E-state index in [1.165, 1.54) is 5.56 Å². The molecule has 0 saturated carbocycles. The van der Waals surface area contributed by atoms with E-state index < -0.39 is 0 Å². The minimum Gasteiger partial charge on any atom is -0.496 e. The lowest BCUT2D eigenvalue weighted by molar-refractivity contribution is 0.163. The van der Waals surface area contributed by atoms with Gasteiger partial charge in [0.15, 0.2) is 5.96 Å². The van der Waals surface area contributed by atoms with Crippen LogP contribution in [-0.2, 0) is 11.2 Å². The molecule has 6 heteroatoms. The van der Waals surface area contributed by atoms with E-state index in [9.17, 15) is 0 Å². The number of nitrogens with one attached hydrogen (secondary N) is 2. The number of hydrogen-bond acceptors (Lipinski definition) is 4. The van der Waals surface area contributed by atoms with Crippen molar-refractivity contribution in [3.63, 3.8) is 0 Å². The minimum atomic E-state index is 0.749. The van der Waals surface area contributed by atoms with Crippen molar-refractivity contribution in [2.24, 2.45) is 4.99 Å². The number of aryl methyl sites for hydroxylation is 1. The summed E-state index contributed by atoms with van der Waals surface area (Å²) in [6.45, 7) is 9.15. The van der Waals surface area contributed by atoms with Crippen molar-refractivity contribution >= 4 is 5.96 Å². The molecule has 0 aromatic heterocycles. The van der Waals surface area contributed by atoms with E-state index in [0.29, 0.717) is 0 Å². The highest BCUT2D eigenvalue weighted by Gasteiger charge is 2.02. The predicted molar refractivity (Wildman–Crippen MR) is 105 cm³/mol. The first kappa shape index (κ1) is 21.3. The molecule has 0 aliphatic heterocycles. The van der Waals surface area contributed by atoms with Crippen LogP contribution < -0.4 is 15.4 Å². The van der Waals surface area contributed by atoms with Gasteiger partial charge in [0.1, 0.15) is 5.75 Å². The molecule has 0 unspecified atom stereocenters. The maximum absolute atomic E-state index is 5.39.